The Morgan fingerprint density at radius 3 is 2.79 bits per heavy atom. The van der Waals surface area contributed by atoms with Gasteiger partial charge in [-0.2, -0.15) is 11.8 Å². The fourth-order valence-electron chi connectivity index (χ4n) is 2.78. The first-order chi connectivity index (χ1) is 9.05. The van der Waals surface area contributed by atoms with Crippen LogP contribution < -0.4 is 10.1 Å². The number of ether oxygens (including phenoxy) is 1. The van der Waals surface area contributed by atoms with Crippen molar-refractivity contribution in [1.82, 2.24) is 10.3 Å². The molecule has 1 fully saturated rings. The van der Waals surface area contributed by atoms with Crippen molar-refractivity contribution in [3.63, 3.8) is 0 Å². The molecule has 1 saturated heterocycles. The van der Waals surface area contributed by atoms with Gasteiger partial charge in [0.2, 0.25) is 0 Å². The fourth-order valence-corrected chi connectivity index (χ4v) is 4.25. The molecule has 0 aliphatic carbocycles. The molecule has 2 unspecified atom stereocenters. The van der Waals surface area contributed by atoms with Gasteiger partial charge in [-0.05, 0) is 58.0 Å². The van der Waals surface area contributed by atoms with Crippen LogP contribution in [-0.2, 0) is 0 Å². The van der Waals surface area contributed by atoms with E-state index in [0.29, 0.717) is 6.04 Å². The van der Waals surface area contributed by atoms with Crippen LogP contribution >= 0.6 is 11.8 Å². The van der Waals surface area contributed by atoms with Gasteiger partial charge in [-0.25, -0.2) is 0 Å². The Kier molecular flexibility index (Phi) is 4.74. The van der Waals surface area contributed by atoms with Crippen molar-refractivity contribution in [2.45, 2.75) is 50.5 Å². The molecule has 4 heteroatoms. The van der Waals surface area contributed by atoms with Crippen LogP contribution in [0.4, 0.5) is 0 Å². The minimum atomic E-state index is 0.182. The molecule has 106 valence electrons. The summed E-state index contributed by atoms with van der Waals surface area (Å²) < 4.78 is 6.00. The molecule has 1 aromatic heterocycles. The first kappa shape index (κ1) is 14.7. The maximum absolute atomic E-state index is 5.75. The van der Waals surface area contributed by atoms with E-state index in [9.17, 15) is 0 Å². The summed E-state index contributed by atoms with van der Waals surface area (Å²) in [6, 6.07) is 2.45. The fraction of sp³-hybridized carbons (Fsp3) is 0.667. The van der Waals surface area contributed by atoms with Crippen LogP contribution in [0.1, 0.15) is 45.2 Å². The second-order valence-corrected chi connectivity index (χ2v) is 7.24. The van der Waals surface area contributed by atoms with Crippen molar-refractivity contribution in [2.75, 3.05) is 12.8 Å². The number of hydrogen-bond donors (Lipinski definition) is 1. The maximum atomic E-state index is 5.75. The summed E-state index contributed by atoms with van der Waals surface area (Å²) in [6.07, 6.45) is 6.48. The van der Waals surface area contributed by atoms with Crippen molar-refractivity contribution in [3.8, 4) is 5.75 Å². The SMILES string of the molecule is CNC(c1cncc(OC(C)C)c1)C1(C)CCCS1. The molecule has 0 aromatic carbocycles. The summed E-state index contributed by atoms with van der Waals surface area (Å²) in [5, 5.41) is 3.46. The summed E-state index contributed by atoms with van der Waals surface area (Å²) in [6.45, 7) is 6.43. The van der Waals surface area contributed by atoms with E-state index in [-0.39, 0.29) is 10.9 Å². The molecular formula is C15H24N2OS. The number of rotatable bonds is 5. The zero-order valence-electron chi connectivity index (χ0n) is 12.3. The molecule has 1 aliphatic heterocycles. The third-order valence-corrected chi connectivity index (χ3v) is 5.18. The average Bonchev–Trinajstić information content (AvgIpc) is 2.77. The molecule has 2 atom stereocenters. The Morgan fingerprint density at radius 2 is 2.21 bits per heavy atom. The predicted molar refractivity (Wildman–Crippen MR) is 81.9 cm³/mol. The highest BCUT2D eigenvalue weighted by Gasteiger charge is 2.38. The van der Waals surface area contributed by atoms with E-state index < -0.39 is 0 Å². The van der Waals surface area contributed by atoms with E-state index in [1.54, 1.807) is 6.20 Å². The highest BCUT2D eigenvalue weighted by molar-refractivity contribution is 8.00. The van der Waals surface area contributed by atoms with Gasteiger partial charge >= 0.3 is 0 Å². The Balaban J connectivity index is 2.23. The molecule has 1 aliphatic rings. The van der Waals surface area contributed by atoms with Gasteiger partial charge in [0.1, 0.15) is 5.75 Å². The summed E-state index contributed by atoms with van der Waals surface area (Å²) in [4.78, 5) is 4.33. The van der Waals surface area contributed by atoms with E-state index in [4.69, 9.17) is 4.74 Å². The monoisotopic (exact) mass is 280 g/mol. The average molecular weight is 280 g/mol. The number of nitrogens with zero attached hydrogens (tertiary/aromatic N) is 1. The van der Waals surface area contributed by atoms with Crippen molar-refractivity contribution in [1.29, 1.82) is 0 Å². The van der Waals surface area contributed by atoms with Gasteiger partial charge in [0.15, 0.2) is 0 Å². The van der Waals surface area contributed by atoms with E-state index in [0.717, 1.165) is 5.75 Å². The van der Waals surface area contributed by atoms with E-state index >= 15 is 0 Å². The quantitative estimate of drug-likeness (QED) is 0.896. The van der Waals surface area contributed by atoms with Crippen LogP contribution in [-0.4, -0.2) is 28.6 Å². The molecule has 0 radical (unpaired) electrons. The van der Waals surface area contributed by atoms with Crippen LogP contribution in [0, 0.1) is 0 Å². The lowest BCUT2D eigenvalue weighted by molar-refractivity contribution is 0.241. The van der Waals surface area contributed by atoms with E-state index in [1.165, 1.54) is 24.2 Å². The molecule has 19 heavy (non-hydrogen) atoms. The third-order valence-electron chi connectivity index (χ3n) is 3.59. The third kappa shape index (κ3) is 3.42. The van der Waals surface area contributed by atoms with Crippen LogP contribution in [0.25, 0.3) is 0 Å². The van der Waals surface area contributed by atoms with E-state index in [1.807, 2.05) is 27.1 Å². The number of nitrogens with one attached hydrogen (secondary N) is 1. The first-order valence-corrected chi connectivity index (χ1v) is 7.96. The normalized spacial score (nSPS) is 24.7. The molecule has 0 bridgehead atoms. The molecule has 0 saturated carbocycles. The molecular weight excluding hydrogens is 256 g/mol. The lowest BCUT2D eigenvalue weighted by atomic mass is 9.91. The number of pyridine rings is 1. The highest BCUT2D eigenvalue weighted by Crippen LogP contribution is 2.46. The zero-order chi connectivity index (χ0) is 13.9. The van der Waals surface area contributed by atoms with Gasteiger partial charge in [0.05, 0.1) is 12.3 Å². The van der Waals surface area contributed by atoms with Gasteiger partial charge in [-0.1, -0.05) is 0 Å². The minimum Gasteiger partial charge on any atom is -0.489 e. The summed E-state index contributed by atoms with van der Waals surface area (Å²) in [7, 11) is 2.03. The maximum Gasteiger partial charge on any atom is 0.138 e. The van der Waals surface area contributed by atoms with Crippen LogP contribution in [0.5, 0.6) is 5.75 Å². The standard InChI is InChI=1S/C15H24N2OS/c1-11(2)18-13-8-12(9-17-10-13)14(16-4)15(3)6-5-7-19-15/h8-11,14,16H,5-7H2,1-4H3. The van der Waals surface area contributed by atoms with Gasteiger partial charge in [-0.3, -0.25) is 4.98 Å². The topological polar surface area (TPSA) is 34.2 Å². The largest absolute Gasteiger partial charge is 0.489 e. The Morgan fingerprint density at radius 1 is 1.42 bits per heavy atom. The second-order valence-electron chi connectivity index (χ2n) is 5.61. The number of thioether (sulfide) groups is 1. The van der Waals surface area contributed by atoms with Gasteiger partial charge in [-0.15, -0.1) is 0 Å². The van der Waals surface area contributed by atoms with Crippen LogP contribution in [0.3, 0.4) is 0 Å². The summed E-state index contributed by atoms with van der Waals surface area (Å²) in [5.74, 6) is 2.11. The zero-order valence-corrected chi connectivity index (χ0v) is 13.1. The molecule has 2 rings (SSSR count). The Labute approximate surface area is 120 Å². The van der Waals surface area contributed by atoms with Gasteiger partial charge in [0, 0.05) is 17.0 Å². The number of hydrogen-bond acceptors (Lipinski definition) is 4. The van der Waals surface area contributed by atoms with Crippen LogP contribution in [0.15, 0.2) is 18.5 Å². The summed E-state index contributed by atoms with van der Waals surface area (Å²) in [5.41, 5.74) is 1.22. The molecule has 0 spiro atoms. The molecule has 2 heterocycles. The smallest absolute Gasteiger partial charge is 0.138 e. The van der Waals surface area contributed by atoms with Gasteiger partial charge in [0.25, 0.3) is 0 Å². The van der Waals surface area contributed by atoms with Crippen LogP contribution in [0.2, 0.25) is 0 Å². The van der Waals surface area contributed by atoms with Crippen molar-refractivity contribution < 1.29 is 4.74 Å². The van der Waals surface area contributed by atoms with Crippen molar-refractivity contribution in [3.05, 3.63) is 24.0 Å². The number of aromatic nitrogens is 1. The van der Waals surface area contributed by atoms with Gasteiger partial charge < -0.3 is 10.1 Å². The highest BCUT2D eigenvalue weighted by atomic mass is 32.2. The van der Waals surface area contributed by atoms with E-state index in [2.05, 4.69) is 35.1 Å². The Hall–Kier alpha value is -0.740. The molecule has 3 nitrogen and oxygen atoms in total. The predicted octanol–water partition coefficient (Wildman–Crippen LogP) is 3.42. The lowest BCUT2D eigenvalue weighted by Gasteiger charge is -2.33. The first-order valence-electron chi connectivity index (χ1n) is 6.98. The van der Waals surface area contributed by atoms with Crippen molar-refractivity contribution >= 4 is 11.8 Å². The second kappa shape index (κ2) is 6.14. The Bertz CT molecular complexity index is 416. The van der Waals surface area contributed by atoms with Crippen molar-refractivity contribution in [2.24, 2.45) is 0 Å². The molecule has 1 aromatic rings. The molecule has 0 amide bonds. The summed E-state index contributed by atoms with van der Waals surface area (Å²) >= 11 is 2.06. The molecule has 1 N–H and O–H groups in total. The lowest BCUT2D eigenvalue weighted by Crippen LogP contribution is -2.35. The minimum absolute atomic E-state index is 0.182.